The van der Waals surface area contributed by atoms with E-state index in [9.17, 15) is 5.11 Å². The molecule has 0 saturated carbocycles. The van der Waals surface area contributed by atoms with Gasteiger partial charge in [0.25, 0.3) is 0 Å². The summed E-state index contributed by atoms with van der Waals surface area (Å²) in [5.74, 6) is 0. The first-order chi connectivity index (χ1) is 8.04. The van der Waals surface area contributed by atoms with Crippen LogP contribution in [0.2, 0.25) is 5.02 Å². The molecule has 0 saturated heterocycles. The fraction of sp³-hybridized carbons (Fsp3) is 0.250. The maximum Gasteiger partial charge on any atom is 0.0832 e. The van der Waals surface area contributed by atoms with E-state index in [1.54, 1.807) is 23.0 Å². The second kappa shape index (κ2) is 5.21. The van der Waals surface area contributed by atoms with Gasteiger partial charge < -0.3 is 5.11 Å². The van der Waals surface area contributed by atoms with Gasteiger partial charge >= 0.3 is 0 Å². The summed E-state index contributed by atoms with van der Waals surface area (Å²) < 4.78 is 2.58. The SMILES string of the molecule is Cn1cc(CC(O)c2cc(Cl)cc(Br)c2)cn1. The minimum Gasteiger partial charge on any atom is -0.388 e. The summed E-state index contributed by atoms with van der Waals surface area (Å²) >= 11 is 9.30. The van der Waals surface area contributed by atoms with Gasteiger partial charge in [-0.25, -0.2) is 0 Å². The fourth-order valence-electron chi connectivity index (χ4n) is 1.69. The van der Waals surface area contributed by atoms with Crippen molar-refractivity contribution in [3.63, 3.8) is 0 Å². The molecule has 1 aromatic carbocycles. The van der Waals surface area contributed by atoms with Crippen LogP contribution in [0.1, 0.15) is 17.2 Å². The first kappa shape index (κ1) is 12.6. The molecule has 0 aliphatic carbocycles. The van der Waals surface area contributed by atoms with E-state index in [4.69, 9.17) is 11.6 Å². The Morgan fingerprint density at radius 2 is 2.24 bits per heavy atom. The van der Waals surface area contributed by atoms with Gasteiger partial charge in [0.05, 0.1) is 12.3 Å². The van der Waals surface area contributed by atoms with E-state index < -0.39 is 6.10 Å². The molecular weight excluding hydrogens is 304 g/mol. The smallest absolute Gasteiger partial charge is 0.0832 e. The average Bonchev–Trinajstić information content (AvgIpc) is 2.62. The minimum absolute atomic E-state index is 0.528. The largest absolute Gasteiger partial charge is 0.388 e. The van der Waals surface area contributed by atoms with Gasteiger partial charge in [0.15, 0.2) is 0 Å². The number of rotatable bonds is 3. The second-order valence-electron chi connectivity index (χ2n) is 3.94. The Bertz CT molecular complexity index is 507. The van der Waals surface area contributed by atoms with Crippen molar-refractivity contribution in [2.24, 2.45) is 7.05 Å². The van der Waals surface area contributed by atoms with Crippen LogP contribution in [0.3, 0.4) is 0 Å². The van der Waals surface area contributed by atoms with Crippen molar-refractivity contribution in [3.05, 3.63) is 51.2 Å². The average molecular weight is 316 g/mol. The number of halogens is 2. The van der Waals surface area contributed by atoms with Crippen LogP contribution in [0, 0.1) is 0 Å². The van der Waals surface area contributed by atoms with Crippen LogP contribution in [0.4, 0.5) is 0 Å². The lowest BCUT2D eigenvalue weighted by Crippen LogP contribution is -2.01. The number of benzene rings is 1. The topological polar surface area (TPSA) is 38.0 Å². The quantitative estimate of drug-likeness (QED) is 0.945. The van der Waals surface area contributed by atoms with Gasteiger partial charge in [-0.3, -0.25) is 4.68 Å². The molecule has 1 unspecified atom stereocenters. The van der Waals surface area contributed by atoms with E-state index >= 15 is 0 Å². The predicted molar refractivity (Wildman–Crippen MR) is 71.0 cm³/mol. The van der Waals surface area contributed by atoms with Crippen molar-refractivity contribution in [2.75, 3.05) is 0 Å². The van der Waals surface area contributed by atoms with Gasteiger partial charge in [0.1, 0.15) is 0 Å². The number of aliphatic hydroxyl groups excluding tert-OH is 1. The molecule has 90 valence electrons. The van der Waals surface area contributed by atoms with Crippen molar-refractivity contribution in [3.8, 4) is 0 Å². The van der Waals surface area contributed by atoms with Gasteiger partial charge in [0, 0.05) is 29.2 Å². The maximum atomic E-state index is 10.1. The molecule has 1 atom stereocenters. The first-order valence-corrected chi connectivity index (χ1v) is 6.33. The number of aliphatic hydroxyl groups is 1. The first-order valence-electron chi connectivity index (χ1n) is 5.16. The number of hydrogen-bond acceptors (Lipinski definition) is 2. The summed E-state index contributed by atoms with van der Waals surface area (Å²) in [7, 11) is 1.85. The van der Waals surface area contributed by atoms with Crippen molar-refractivity contribution in [2.45, 2.75) is 12.5 Å². The monoisotopic (exact) mass is 314 g/mol. The third-order valence-corrected chi connectivity index (χ3v) is 3.13. The zero-order chi connectivity index (χ0) is 12.4. The standard InChI is InChI=1S/C12H12BrClN2O/c1-16-7-8(6-15-16)2-12(17)9-3-10(13)5-11(14)4-9/h3-7,12,17H,2H2,1H3. The molecule has 0 aliphatic rings. The summed E-state index contributed by atoms with van der Waals surface area (Å²) in [6.45, 7) is 0. The Labute approximate surface area is 113 Å². The molecule has 0 spiro atoms. The lowest BCUT2D eigenvalue weighted by Gasteiger charge is -2.10. The number of nitrogens with zero attached hydrogens (tertiary/aromatic N) is 2. The van der Waals surface area contributed by atoms with Crippen molar-refractivity contribution >= 4 is 27.5 Å². The maximum absolute atomic E-state index is 10.1. The molecule has 2 rings (SSSR count). The van der Waals surface area contributed by atoms with Crippen molar-refractivity contribution < 1.29 is 5.11 Å². The number of aryl methyl sites for hydroxylation is 1. The van der Waals surface area contributed by atoms with E-state index in [1.165, 1.54) is 0 Å². The normalized spacial score (nSPS) is 12.7. The minimum atomic E-state index is -0.575. The Morgan fingerprint density at radius 1 is 1.47 bits per heavy atom. The van der Waals surface area contributed by atoms with E-state index in [0.29, 0.717) is 11.4 Å². The predicted octanol–water partition coefficient (Wildman–Crippen LogP) is 3.11. The Hall–Kier alpha value is -0.840. The van der Waals surface area contributed by atoms with E-state index in [1.807, 2.05) is 19.3 Å². The zero-order valence-electron chi connectivity index (χ0n) is 9.27. The zero-order valence-corrected chi connectivity index (χ0v) is 11.6. The number of aromatic nitrogens is 2. The Morgan fingerprint density at radius 3 is 2.82 bits per heavy atom. The van der Waals surface area contributed by atoms with Gasteiger partial charge in [-0.05, 0) is 29.3 Å². The molecule has 17 heavy (non-hydrogen) atoms. The molecule has 1 aromatic heterocycles. The molecule has 0 bridgehead atoms. The van der Waals surface area contributed by atoms with Crippen LogP contribution in [-0.4, -0.2) is 14.9 Å². The van der Waals surface area contributed by atoms with Gasteiger partial charge in [0.2, 0.25) is 0 Å². The molecule has 0 fully saturated rings. The van der Waals surface area contributed by atoms with Gasteiger partial charge in [-0.1, -0.05) is 27.5 Å². The van der Waals surface area contributed by atoms with Crippen LogP contribution in [0.15, 0.2) is 35.1 Å². The van der Waals surface area contributed by atoms with Crippen molar-refractivity contribution in [1.82, 2.24) is 9.78 Å². The summed E-state index contributed by atoms with van der Waals surface area (Å²) in [4.78, 5) is 0. The van der Waals surface area contributed by atoms with Crippen molar-refractivity contribution in [1.29, 1.82) is 0 Å². The van der Waals surface area contributed by atoms with E-state index in [0.717, 1.165) is 15.6 Å². The summed E-state index contributed by atoms with van der Waals surface area (Å²) in [5, 5.41) is 14.8. The van der Waals surface area contributed by atoms with Crippen LogP contribution in [0.5, 0.6) is 0 Å². The third-order valence-electron chi connectivity index (χ3n) is 2.46. The van der Waals surface area contributed by atoms with Gasteiger partial charge in [-0.2, -0.15) is 5.10 Å². The molecule has 1 heterocycles. The molecule has 3 nitrogen and oxygen atoms in total. The summed E-state index contributed by atoms with van der Waals surface area (Å²) in [5.41, 5.74) is 1.80. The summed E-state index contributed by atoms with van der Waals surface area (Å²) in [6.07, 6.45) is 3.60. The van der Waals surface area contributed by atoms with Gasteiger partial charge in [-0.15, -0.1) is 0 Å². The highest BCUT2D eigenvalue weighted by Crippen LogP contribution is 2.25. The lowest BCUT2D eigenvalue weighted by atomic mass is 10.0. The fourth-order valence-corrected chi connectivity index (χ4v) is 2.57. The lowest BCUT2D eigenvalue weighted by molar-refractivity contribution is 0.178. The van der Waals surface area contributed by atoms with Crippen LogP contribution >= 0.6 is 27.5 Å². The molecule has 0 aliphatic heterocycles. The Kier molecular flexibility index (Phi) is 3.86. The number of hydrogen-bond donors (Lipinski definition) is 1. The highest BCUT2D eigenvalue weighted by molar-refractivity contribution is 9.10. The second-order valence-corrected chi connectivity index (χ2v) is 5.30. The van der Waals surface area contributed by atoms with Crippen LogP contribution < -0.4 is 0 Å². The third kappa shape index (κ3) is 3.31. The highest BCUT2D eigenvalue weighted by Gasteiger charge is 2.11. The molecule has 2 aromatic rings. The molecule has 1 N–H and O–H groups in total. The molecule has 0 amide bonds. The van der Waals surface area contributed by atoms with Crippen LogP contribution in [-0.2, 0) is 13.5 Å². The van der Waals surface area contributed by atoms with Crippen LogP contribution in [0.25, 0.3) is 0 Å². The Balaban J connectivity index is 2.16. The molecular formula is C12H12BrClN2O. The summed E-state index contributed by atoms with van der Waals surface area (Å²) in [6, 6.07) is 5.43. The highest BCUT2D eigenvalue weighted by atomic mass is 79.9. The molecule has 0 radical (unpaired) electrons. The van der Waals surface area contributed by atoms with E-state index in [-0.39, 0.29) is 0 Å². The van der Waals surface area contributed by atoms with E-state index in [2.05, 4.69) is 21.0 Å². The molecule has 5 heteroatoms.